The van der Waals surface area contributed by atoms with Crippen LogP contribution in [0.1, 0.15) is 5.56 Å². The highest BCUT2D eigenvalue weighted by Gasteiger charge is 2.26. The van der Waals surface area contributed by atoms with E-state index >= 15 is 0 Å². The minimum absolute atomic E-state index is 0.157. The molecule has 116 valence electrons. The lowest BCUT2D eigenvalue weighted by molar-refractivity contribution is -0.387. The van der Waals surface area contributed by atoms with Crippen molar-refractivity contribution in [3.63, 3.8) is 0 Å². The molecular formula is C13H12BrN3O4S. The van der Waals surface area contributed by atoms with E-state index in [1.165, 1.54) is 24.3 Å². The molecule has 0 radical (unpaired) electrons. The van der Waals surface area contributed by atoms with Crippen molar-refractivity contribution in [2.45, 2.75) is 11.8 Å². The summed E-state index contributed by atoms with van der Waals surface area (Å²) in [4.78, 5) is 9.81. The van der Waals surface area contributed by atoms with Crippen LogP contribution in [0, 0.1) is 17.0 Å². The Morgan fingerprint density at radius 2 is 1.91 bits per heavy atom. The zero-order valence-electron chi connectivity index (χ0n) is 11.4. The molecule has 9 heteroatoms. The zero-order chi connectivity index (χ0) is 16.5. The van der Waals surface area contributed by atoms with Crippen molar-refractivity contribution in [1.29, 1.82) is 0 Å². The van der Waals surface area contributed by atoms with E-state index in [9.17, 15) is 18.5 Å². The molecule has 2 aromatic rings. The van der Waals surface area contributed by atoms with Gasteiger partial charge in [-0.3, -0.25) is 14.8 Å². The van der Waals surface area contributed by atoms with Gasteiger partial charge in [0, 0.05) is 10.5 Å². The second-order valence-corrected chi connectivity index (χ2v) is 7.08. The van der Waals surface area contributed by atoms with E-state index in [-0.39, 0.29) is 11.4 Å². The number of halogens is 1. The van der Waals surface area contributed by atoms with E-state index in [0.29, 0.717) is 10.0 Å². The average molecular weight is 386 g/mol. The molecule has 0 aliphatic rings. The number of nitrogens with one attached hydrogen (secondary N) is 1. The molecule has 0 aromatic heterocycles. The van der Waals surface area contributed by atoms with Crippen molar-refractivity contribution < 1.29 is 13.3 Å². The normalized spacial score (nSPS) is 11.2. The number of nitrogens with zero attached hydrogens (tertiary/aromatic N) is 1. The van der Waals surface area contributed by atoms with Gasteiger partial charge in [0.1, 0.15) is 0 Å². The molecule has 0 aliphatic carbocycles. The molecule has 7 nitrogen and oxygen atoms in total. The van der Waals surface area contributed by atoms with Gasteiger partial charge >= 0.3 is 0 Å². The van der Waals surface area contributed by atoms with Gasteiger partial charge in [-0.15, -0.1) is 0 Å². The third kappa shape index (κ3) is 3.20. The van der Waals surface area contributed by atoms with Crippen LogP contribution in [0.3, 0.4) is 0 Å². The Morgan fingerprint density at radius 1 is 1.27 bits per heavy atom. The number of benzene rings is 2. The van der Waals surface area contributed by atoms with Crippen molar-refractivity contribution in [3.05, 3.63) is 56.5 Å². The molecule has 0 bridgehead atoms. The lowest BCUT2D eigenvalue weighted by Crippen LogP contribution is -2.16. The minimum Gasteiger partial charge on any atom is -0.397 e. The Kier molecular flexibility index (Phi) is 4.38. The van der Waals surface area contributed by atoms with Gasteiger partial charge < -0.3 is 5.73 Å². The maximum Gasteiger partial charge on any atom is 0.289 e. The molecule has 0 aliphatic heterocycles. The smallest absolute Gasteiger partial charge is 0.289 e. The Labute approximate surface area is 135 Å². The third-order valence-electron chi connectivity index (χ3n) is 2.95. The molecule has 0 fully saturated rings. The number of hydrogen-bond donors (Lipinski definition) is 2. The van der Waals surface area contributed by atoms with Gasteiger partial charge in [-0.1, -0.05) is 28.1 Å². The molecule has 22 heavy (non-hydrogen) atoms. The predicted molar refractivity (Wildman–Crippen MR) is 87.2 cm³/mol. The number of nitrogens with two attached hydrogens (primary N) is 1. The van der Waals surface area contributed by atoms with Crippen molar-refractivity contribution in [2.24, 2.45) is 0 Å². The number of anilines is 2. The van der Waals surface area contributed by atoms with Crippen LogP contribution in [0.5, 0.6) is 0 Å². The highest BCUT2D eigenvalue weighted by atomic mass is 79.9. The third-order valence-corrected chi connectivity index (χ3v) is 4.82. The Morgan fingerprint density at radius 3 is 2.55 bits per heavy atom. The summed E-state index contributed by atoms with van der Waals surface area (Å²) in [6, 6.07) is 8.34. The maximum atomic E-state index is 12.4. The summed E-state index contributed by atoms with van der Waals surface area (Å²) in [5, 5.41) is 11.0. The van der Waals surface area contributed by atoms with E-state index in [1.807, 2.05) is 0 Å². The first-order valence-electron chi connectivity index (χ1n) is 6.04. The zero-order valence-corrected chi connectivity index (χ0v) is 13.8. The number of sulfonamides is 1. The number of nitro groups is 1. The Balaban J connectivity index is 2.52. The number of rotatable bonds is 4. The summed E-state index contributed by atoms with van der Waals surface area (Å²) in [7, 11) is -4.14. The quantitative estimate of drug-likeness (QED) is 0.476. The molecule has 0 spiro atoms. The van der Waals surface area contributed by atoms with Crippen LogP contribution in [0.15, 0.2) is 45.8 Å². The molecule has 2 rings (SSSR count). The lowest BCUT2D eigenvalue weighted by Gasteiger charge is -2.12. The van der Waals surface area contributed by atoms with E-state index < -0.39 is 25.5 Å². The lowest BCUT2D eigenvalue weighted by atomic mass is 10.2. The topological polar surface area (TPSA) is 115 Å². The highest BCUT2D eigenvalue weighted by molar-refractivity contribution is 9.10. The molecule has 0 atom stereocenters. The molecular weight excluding hydrogens is 374 g/mol. The van der Waals surface area contributed by atoms with Gasteiger partial charge in [0.05, 0.1) is 16.3 Å². The van der Waals surface area contributed by atoms with Crippen LogP contribution >= 0.6 is 15.9 Å². The number of para-hydroxylation sites is 1. The number of hydrogen-bond acceptors (Lipinski definition) is 5. The SMILES string of the molecule is Cc1cc(Br)cc(NS(=O)(=O)c2ccccc2[N+](=O)[O-])c1N. The van der Waals surface area contributed by atoms with Gasteiger partial charge in [0.2, 0.25) is 0 Å². The van der Waals surface area contributed by atoms with Crippen LogP contribution in [-0.2, 0) is 10.0 Å². The van der Waals surface area contributed by atoms with Gasteiger partial charge in [-0.25, -0.2) is 8.42 Å². The molecule has 0 saturated carbocycles. The second-order valence-electron chi connectivity index (χ2n) is 4.51. The molecule has 2 aromatic carbocycles. The van der Waals surface area contributed by atoms with Crippen LogP contribution in [0.4, 0.5) is 17.1 Å². The van der Waals surface area contributed by atoms with Gasteiger partial charge in [0.15, 0.2) is 4.90 Å². The van der Waals surface area contributed by atoms with Gasteiger partial charge in [-0.2, -0.15) is 0 Å². The van der Waals surface area contributed by atoms with Crippen molar-refractivity contribution in [2.75, 3.05) is 10.5 Å². The van der Waals surface area contributed by atoms with E-state index in [2.05, 4.69) is 20.7 Å². The fourth-order valence-electron chi connectivity index (χ4n) is 1.87. The van der Waals surface area contributed by atoms with E-state index in [1.54, 1.807) is 13.0 Å². The first-order chi connectivity index (χ1) is 10.2. The van der Waals surface area contributed by atoms with Crippen molar-refractivity contribution in [1.82, 2.24) is 0 Å². The summed E-state index contributed by atoms with van der Waals surface area (Å²) in [6.07, 6.45) is 0. The predicted octanol–water partition coefficient (Wildman–Crippen LogP) is 3.05. The number of nitrogen functional groups attached to an aromatic ring is 1. The number of aryl methyl sites for hydroxylation is 1. The minimum atomic E-state index is -4.14. The second kappa shape index (κ2) is 5.93. The molecule has 0 heterocycles. The summed E-state index contributed by atoms with van der Waals surface area (Å²) < 4.78 is 27.8. The molecule has 0 saturated heterocycles. The molecule has 0 amide bonds. The first-order valence-corrected chi connectivity index (χ1v) is 8.32. The Bertz CT molecular complexity index is 852. The largest absolute Gasteiger partial charge is 0.397 e. The monoisotopic (exact) mass is 385 g/mol. The highest BCUT2D eigenvalue weighted by Crippen LogP contribution is 2.31. The van der Waals surface area contributed by atoms with Crippen LogP contribution in [0.25, 0.3) is 0 Å². The van der Waals surface area contributed by atoms with E-state index in [4.69, 9.17) is 5.73 Å². The Hall–Kier alpha value is -2.13. The number of nitro benzene ring substituents is 1. The average Bonchev–Trinajstić information content (AvgIpc) is 2.44. The summed E-state index contributed by atoms with van der Waals surface area (Å²) in [5.41, 5.74) is 6.44. The van der Waals surface area contributed by atoms with Gasteiger partial charge in [0.25, 0.3) is 15.7 Å². The fourth-order valence-corrected chi connectivity index (χ4v) is 3.69. The summed E-state index contributed by atoms with van der Waals surface area (Å²) >= 11 is 3.25. The summed E-state index contributed by atoms with van der Waals surface area (Å²) in [5.74, 6) is 0. The maximum absolute atomic E-state index is 12.4. The van der Waals surface area contributed by atoms with Gasteiger partial charge in [-0.05, 0) is 30.7 Å². The van der Waals surface area contributed by atoms with Crippen LogP contribution in [-0.4, -0.2) is 13.3 Å². The first kappa shape index (κ1) is 16.2. The van der Waals surface area contributed by atoms with Crippen molar-refractivity contribution >= 4 is 43.0 Å². The molecule has 3 N–H and O–H groups in total. The van der Waals surface area contributed by atoms with E-state index in [0.717, 1.165) is 6.07 Å². The van der Waals surface area contributed by atoms with Crippen LogP contribution < -0.4 is 10.5 Å². The standard InChI is InChI=1S/C13H12BrN3O4S/c1-8-6-9(14)7-10(13(8)15)16-22(20,21)12-5-3-2-4-11(12)17(18)19/h2-7,16H,15H2,1H3. The fraction of sp³-hybridized carbons (Fsp3) is 0.0769. The summed E-state index contributed by atoms with van der Waals surface area (Å²) in [6.45, 7) is 1.73. The molecule has 0 unspecified atom stereocenters. The van der Waals surface area contributed by atoms with Crippen LogP contribution in [0.2, 0.25) is 0 Å². The van der Waals surface area contributed by atoms with Crippen molar-refractivity contribution in [3.8, 4) is 0 Å².